The molecule has 0 aliphatic carbocycles. The van der Waals surface area contributed by atoms with E-state index < -0.39 is 0 Å². The summed E-state index contributed by atoms with van der Waals surface area (Å²) < 4.78 is 0. The number of unbranched alkanes of at least 4 members (excludes halogenated alkanes) is 9. The molecule has 1 amide bonds. The van der Waals surface area contributed by atoms with E-state index in [1.54, 1.807) is 0 Å². The van der Waals surface area contributed by atoms with Crippen LogP contribution in [0.2, 0.25) is 0 Å². The summed E-state index contributed by atoms with van der Waals surface area (Å²) in [6.07, 6.45) is 19.0. The molecule has 0 aromatic heterocycles. The van der Waals surface area contributed by atoms with Crippen molar-refractivity contribution in [3.05, 3.63) is 12.2 Å². The molecule has 0 atom stereocenters. The largest absolute Gasteiger partial charge is 0.370 e. The van der Waals surface area contributed by atoms with Crippen molar-refractivity contribution in [2.75, 3.05) is 0 Å². The fourth-order valence-electron chi connectivity index (χ4n) is 2.02. The number of allylic oxidation sites excluding steroid dienone is 2. The zero-order chi connectivity index (χ0) is 13.5. The van der Waals surface area contributed by atoms with Gasteiger partial charge < -0.3 is 5.73 Å². The third-order valence-electron chi connectivity index (χ3n) is 3.18. The van der Waals surface area contributed by atoms with Crippen LogP contribution in [0.3, 0.4) is 0 Å². The van der Waals surface area contributed by atoms with E-state index in [4.69, 9.17) is 5.73 Å². The number of carbonyl (C=O) groups excluding carboxylic acids is 1. The third kappa shape index (κ3) is 20.0. The first-order valence-corrected chi connectivity index (χ1v) is 7.70. The Morgan fingerprint density at radius 1 is 0.842 bits per heavy atom. The van der Waals surface area contributed by atoms with Crippen LogP contribution in [0.5, 0.6) is 0 Å². The van der Waals surface area contributed by atoms with Crippen LogP contribution >= 0.6 is 12.4 Å². The summed E-state index contributed by atoms with van der Waals surface area (Å²) >= 11 is 0. The van der Waals surface area contributed by atoms with Crippen molar-refractivity contribution in [3.8, 4) is 0 Å². The first-order chi connectivity index (χ1) is 8.77. The van der Waals surface area contributed by atoms with Crippen molar-refractivity contribution >= 4 is 18.3 Å². The summed E-state index contributed by atoms with van der Waals surface area (Å²) in [5.41, 5.74) is 5.08. The van der Waals surface area contributed by atoms with Gasteiger partial charge in [-0.05, 0) is 32.1 Å². The van der Waals surface area contributed by atoms with Gasteiger partial charge >= 0.3 is 0 Å². The van der Waals surface area contributed by atoms with Crippen LogP contribution in [0.1, 0.15) is 84.0 Å². The molecule has 0 saturated heterocycles. The Morgan fingerprint density at radius 2 is 1.32 bits per heavy atom. The topological polar surface area (TPSA) is 43.1 Å². The maximum Gasteiger partial charge on any atom is 0.217 e. The summed E-state index contributed by atoms with van der Waals surface area (Å²) in [5, 5.41) is 0. The molecule has 0 spiro atoms. The van der Waals surface area contributed by atoms with Gasteiger partial charge in [0.15, 0.2) is 0 Å². The Kier molecular flexibility index (Phi) is 19.2. The van der Waals surface area contributed by atoms with Gasteiger partial charge in [0.05, 0.1) is 0 Å². The SMILES string of the molecule is CCCCCCC=CCCCCCCCC(N)=O.Cl. The molecule has 3 heteroatoms. The normalized spacial score (nSPS) is 10.6. The van der Waals surface area contributed by atoms with Crippen molar-refractivity contribution in [3.63, 3.8) is 0 Å². The van der Waals surface area contributed by atoms with E-state index in [9.17, 15) is 4.79 Å². The van der Waals surface area contributed by atoms with E-state index >= 15 is 0 Å². The summed E-state index contributed by atoms with van der Waals surface area (Å²) in [6, 6.07) is 0. The third-order valence-corrected chi connectivity index (χ3v) is 3.18. The minimum atomic E-state index is -0.166. The summed E-state index contributed by atoms with van der Waals surface area (Å²) in [5.74, 6) is -0.166. The first kappa shape index (κ1) is 20.8. The minimum Gasteiger partial charge on any atom is -0.370 e. The second-order valence-electron chi connectivity index (χ2n) is 5.09. The molecule has 0 aromatic rings. The molecule has 0 rings (SSSR count). The van der Waals surface area contributed by atoms with E-state index in [1.807, 2.05) is 0 Å². The fraction of sp³-hybridized carbons (Fsp3) is 0.812. The predicted molar refractivity (Wildman–Crippen MR) is 86.7 cm³/mol. The van der Waals surface area contributed by atoms with Gasteiger partial charge in [-0.3, -0.25) is 4.79 Å². The molecule has 114 valence electrons. The van der Waals surface area contributed by atoms with Crippen LogP contribution in [0.4, 0.5) is 0 Å². The van der Waals surface area contributed by atoms with Crippen molar-refractivity contribution < 1.29 is 4.79 Å². The lowest BCUT2D eigenvalue weighted by molar-refractivity contribution is -0.118. The average molecular weight is 290 g/mol. The highest BCUT2D eigenvalue weighted by Gasteiger charge is 1.94. The van der Waals surface area contributed by atoms with E-state index in [-0.39, 0.29) is 18.3 Å². The Labute approximate surface area is 125 Å². The Bertz CT molecular complexity index is 217. The van der Waals surface area contributed by atoms with Crippen molar-refractivity contribution in [2.45, 2.75) is 84.0 Å². The lowest BCUT2D eigenvalue weighted by Crippen LogP contribution is -2.09. The highest BCUT2D eigenvalue weighted by Crippen LogP contribution is 2.08. The second kappa shape index (κ2) is 17.5. The van der Waals surface area contributed by atoms with Gasteiger partial charge in [-0.15, -0.1) is 12.4 Å². The standard InChI is InChI=1S/C16H31NO.ClH/c1-2-3-4-5-6-7-8-9-10-11-12-13-14-15-16(17)18;/h7-8H,2-6,9-15H2,1H3,(H2,17,18);1H. The van der Waals surface area contributed by atoms with Gasteiger partial charge in [-0.25, -0.2) is 0 Å². The number of amides is 1. The lowest BCUT2D eigenvalue weighted by Gasteiger charge is -1.98. The molecule has 0 fully saturated rings. The van der Waals surface area contributed by atoms with Crippen LogP contribution in [-0.2, 0) is 4.79 Å². The number of halogens is 1. The van der Waals surface area contributed by atoms with E-state index in [2.05, 4.69) is 19.1 Å². The van der Waals surface area contributed by atoms with E-state index in [1.165, 1.54) is 57.8 Å². The zero-order valence-corrected chi connectivity index (χ0v) is 13.4. The number of hydrogen-bond donors (Lipinski definition) is 1. The van der Waals surface area contributed by atoms with Gasteiger partial charge in [-0.2, -0.15) is 0 Å². The number of nitrogens with two attached hydrogens (primary N) is 1. The van der Waals surface area contributed by atoms with Crippen molar-refractivity contribution in [2.24, 2.45) is 5.73 Å². The van der Waals surface area contributed by atoms with Crippen LogP contribution in [0, 0.1) is 0 Å². The molecule has 0 radical (unpaired) electrons. The molecule has 2 N–H and O–H groups in total. The number of hydrogen-bond acceptors (Lipinski definition) is 1. The monoisotopic (exact) mass is 289 g/mol. The number of primary amides is 1. The molecule has 19 heavy (non-hydrogen) atoms. The summed E-state index contributed by atoms with van der Waals surface area (Å²) in [6.45, 7) is 2.25. The summed E-state index contributed by atoms with van der Waals surface area (Å²) in [7, 11) is 0. The quantitative estimate of drug-likeness (QED) is 0.370. The molecular formula is C16H32ClNO. The molecule has 0 heterocycles. The predicted octanol–water partition coefficient (Wildman–Crippen LogP) is 5.15. The molecule has 0 bridgehead atoms. The smallest absolute Gasteiger partial charge is 0.217 e. The lowest BCUT2D eigenvalue weighted by atomic mass is 10.1. The Hall–Kier alpha value is -0.500. The van der Waals surface area contributed by atoms with Gasteiger partial charge in [0.1, 0.15) is 0 Å². The highest BCUT2D eigenvalue weighted by molar-refractivity contribution is 5.85. The van der Waals surface area contributed by atoms with E-state index in [0.29, 0.717) is 6.42 Å². The van der Waals surface area contributed by atoms with Gasteiger partial charge in [-0.1, -0.05) is 57.6 Å². The van der Waals surface area contributed by atoms with Gasteiger partial charge in [0.25, 0.3) is 0 Å². The van der Waals surface area contributed by atoms with Gasteiger partial charge in [0, 0.05) is 6.42 Å². The first-order valence-electron chi connectivity index (χ1n) is 7.70. The summed E-state index contributed by atoms with van der Waals surface area (Å²) in [4.78, 5) is 10.5. The number of rotatable bonds is 13. The number of carbonyl (C=O) groups is 1. The maximum absolute atomic E-state index is 10.5. The molecule has 2 nitrogen and oxygen atoms in total. The highest BCUT2D eigenvalue weighted by atomic mass is 35.5. The molecule has 0 saturated carbocycles. The Balaban J connectivity index is 0. The minimum absolute atomic E-state index is 0. The fourth-order valence-corrected chi connectivity index (χ4v) is 2.02. The molecule has 0 aliphatic heterocycles. The zero-order valence-electron chi connectivity index (χ0n) is 12.5. The van der Waals surface area contributed by atoms with Crippen LogP contribution < -0.4 is 5.73 Å². The van der Waals surface area contributed by atoms with Gasteiger partial charge in [0.2, 0.25) is 5.91 Å². The van der Waals surface area contributed by atoms with Crippen molar-refractivity contribution in [1.29, 1.82) is 0 Å². The Morgan fingerprint density at radius 3 is 1.84 bits per heavy atom. The molecule has 0 unspecified atom stereocenters. The second-order valence-corrected chi connectivity index (χ2v) is 5.09. The van der Waals surface area contributed by atoms with E-state index in [0.717, 1.165) is 12.8 Å². The molecule has 0 aliphatic rings. The molecule has 0 aromatic carbocycles. The van der Waals surface area contributed by atoms with Crippen LogP contribution in [0.15, 0.2) is 12.2 Å². The van der Waals surface area contributed by atoms with Crippen molar-refractivity contribution in [1.82, 2.24) is 0 Å². The maximum atomic E-state index is 10.5. The molecular weight excluding hydrogens is 258 g/mol. The average Bonchev–Trinajstić information content (AvgIpc) is 2.34. The van der Waals surface area contributed by atoms with Crippen LogP contribution in [-0.4, -0.2) is 5.91 Å². The van der Waals surface area contributed by atoms with Crippen LogP contribution in [0.25, 0.3) is 0 Å².